The molecule has 86 valence electrons. The topological polar surface area (TPSA) is 50.8 Å². The van der Waals surface area contributed by atoms with E-state index < -0.39 is 0 Å². The summed E-state index contributed by atoms with van der Waals surface area (Å²) in [6.45, 7) is 1.94. The van der Waals surface area contributed by atoms with Gasteiger partial charge >= 0.3 is 0 Å². The molecule has 1 fully saturated rings. The van der Waals surface area contributed by atoms with Gasteiger partial charge in [0.1, 0.15) is 12.1 Å². The summed E-state index contributed by atoms with van der Waals surface area (Å²) in [6.07, 6.45) is 3.55. The standard InChI is InChI=1S/C13H12ClN3/c14-12-6-10(8-15)11(9-16)7-13(12)17-4-2-1-3-5-17/h6-7H,1-5H2. The Kier molecular flexibility index (Phi) is 3.52. The number of anilines is 1. The number of nitrogens with zero attached hydrogens (tertiary/aromatic N) is 3. The highest BCUT2D eigenvalue weighted by molar-refractivity contribution is 6.33. The third-order valence-electron chi connectivity index (χ3n) is 3.02. The zero-order valence-electron chi connectivity index (χ0n) is 9.41. The number of halogens is 1. The van der Waals surface area contributed by atoms with Crippen molar-refractivity contribution in [3.8, 4) is 12.1 Å². The number of hydrogen-bond acceptors (Lipinski definition) is 3. The maximum atomic E-state index is 9.00. The summed E-state index contributed by atoms with van der Waals surface area (Å²) in [6, 6.07) is 7.35. The lowest BCUT2D eigenvalue weighted by atomic mass is 10.1. The van der Waals surface area contributed by atoms with Gasteiger partial charge in [-0.05, 0) is 31.4 Å². The van der Waals surface area contributed by atoms with Crippen molar-refractivity contribution in [1.82, 2.24) is 0 Å². The molecule has 0 atom stereocenters. The molecule has 17 heavy (non-hydrogen) atoms. The first-order valence-electron chi connectivity index (χ1n) is 5.65. The van der Waals surface area contributed by atoms with Crippen LogP contribution in [0.4, 0.5) is 5.69 Å². The van der Waals surface area contributed by atoms with Gasteiger partial charge in [-0.25, -0.2) is 0 Å². The quantitative estimate of drug-likeness (QED) is 0.764. The van der Waals surface area contributed by atoms with Crippen molar-refractivity contribution >= 4 is 17.3 Å². The zero-order chi connectivity index (χ0) is 12.3. The van der Waals surface area contributed by atoms with Crippen LogP contribution in [0.25, 0.3) is 0 Å². The first kappa shape index (κ1) is 11.8. The first-order valence-corrected chi connectivity index (χ1v) is 6.02. The minimum Gasteiger partial charge on any atom is -0.370 e. The second-order valence-electron chi connectivity index (χ2n) is 4.12. The summed E-state index contributed by atoms with van der Waals surface area (Å²) in [5, 5.41) is 18.5. The molecule has 0 radical (unpaired) electrons. The van der Waals surface area contributed by atoms with Crippen LogP contribution >= 0.6 is 11.6 Å². The highest BCUT2D eigenvalue weighted by Crippen LogP contribution is 2.31. The van der Waals surface area contributed by atoms with E-state index in [1.54, 1.807) is 12.1 Å². The van der Waals surface area contributed by atoms with Gasteiger partial charge in [-0.3, -0.25) is 0 Å². The Morgan fingerprint density at radius 2 is 1.59 bits per heavy atom. The van der Waals surface area contributed by atoms with Crippen LogP contribution in [0.5, 0.6) is 0 Å². The summed E-state index contributed by atoms with van der Waals surface area (Å²) in [7, 11) is 0. The Bertz CT molecular complexity index is 505. The van der Waals surface area contributed by atoms with Gasteiger partial charge in [0.05, 0.1) is 21.8 Å². The van der Waals surface area contributed by atoms with E-state index >= 15 is 0 Å². The predicted octanol–water partition coefficient (Wildman–Crippen LogP) is 3.07. The lowest BCUT2D eigenvalue weighted by Crippen LogP contribution is -2.29. The molecule has 0 saturated carbocycles. The second-order valence-corrected chi connectivity index (χ2v) is 4.53. The minimum atomic E-state index is 0.346. The van der Waals surface area contributed by atoms with Crippen LogP contribution in [0.1, 0.15) is 30.4 Å². The molecule has 1 aromatic carbocycles. The summed E-state index contributed by atoms with van der Waals surface area (Å²) in [5.74, 6) is 0. The average Bonchev–Trinajstić information content (AvgIpc) is 2.39. The third-order valence-corrected chi connectivity index (χ3v) is 3.33. The maximum Gasteiger partial charge on any atom is 0.101 e. The Morgan fingerprint density at radius 1 is 1.00 bits per heavy atom. The molecule has 0 bridgehead atoms. The highest BCUT2D eigenvalue weighted by Gasteiger charge is 2.16. The van der Waals surface area contributed by atoms with Gasteiger partial charge in [-0.2, -0.15) is 10.5 Å². The van der Waals surface area contributed by atoms with Gasteiger partial charge in [-0.1, -0.05) is 11.6 Å². The van der Waals surface area contributed by atoms with Gasteiger partial charge in [0, 0.05) is 13.1 Å². The SMILES string of the molecule is N#Cc1cc(Cl)c(N2CCCCC2)cc1C#N. The lowest BCUT2D eigenvalue weighted by molar-refractivity contribution is 0.578. The third kappa shape index (κ3) is 2.35. The highest BCUT2D eigenvalue weighted by atomic mass is 35.5. The van der Waals surface area contributed by atoms with Gasteiger partial charge in [0.15, 0.2) is 0 Å². The molecule has 4 heteroatoms. The Morgan fingerprint density at radius 3 is 2.18 bits per heavy atom. The summed E-state index contributed by atoms with van der Waals surface area (Å²) in [4.78, 5) is 2.19. The minimum absolute atomic E-state index is 0.346. The largest absolute Gasteiger partial charge is 0.370 e. The van der Waals surface area contributed by atoms with Crippen LogP contribution in [0.15, 0.2) is 12.1 Å². The van der Waals surface area contributed by atoms with Crippen molar-refractivity contribution in [2.45, 2.75) is 19.3 Å². The van der Waals surface area contributed by atoms with E-state index in [9.17, 15) is 0 Å². The molecule has 0 unspecified atom stereocenters. The molecule has 0 spiro atoms. The second kappa shape index (κ2) is 5.08. The normalized spacial score (nSPS) is 15.1. The molecule has 1 saturated heterocycles. The molecule has 0 aliphatic carbocycles. The van der Waals surface area contributed by atoms with Crippen molar-refractivity contribution in [2.75, 3.05) is 18.0 Å². The summed E-state index contributed by atoms with van der Waals surface area (Å²) >= 11 is 6.17. The molecular weight excluding hydrogens is 234 g/mol. The molecule has 0 amide bonds. The summed E-state index contributed by atoms with van der Waals surface area (Å²) in [5.41, 5.74) is 1.62. The fourth-order valence-corrected chi connectivity index (χ4v) is 2.41. The molecule has 1 heterocycles. The van der Waals surface area contributed by atoms with Gasteiger partial charge < -0.3 is 4.90 Å². The number of benzene rings is 1. The maximum absolute atomic E-state index is 9.00. The van der Waals surface area contributed by atoms with Crippen LogP contribution in [-0.2, 0) is 0 Å². The fourth-order valence-electron chi connectivity index (χ4n) is 2.12. The molecule has 0 aromatic heterocycles. The molecule has 1 aromatic rings. The van der Waals surface area contributed by atoms with Crippen molar-refractivity contribution in [3.63, 3.8) is 0 Å². The van der Waals surface area contributed by atoms with Gasteiger partial charge in [-0.15, -0.1) is 0 Å². The van der Waals surface area contributed by atoms with Gasteiger partial charge in [0.2, 0.25) is 0 Å². The Labute approximate surface area is 106 Å². The van der Waals surface area contributed by atoms with Crippen molar-refractivity contribution in [2.24, 2.45) is 0 Å². The lowest BCUT2D eigenvalue weighted by Gasteiger charge is -2.29. The summed E-state index contributed by atoms with van der Waals surface area (Å²) < 4.78 is 0. The van der Waals surface area contributed by atoms with E-state index in [0.29, 0.717) is 16.1 Å². The van der Waals surface area contributed by atoms with Crippen LogP contribution in [0.3, 0.4) is 0 Å². The van der Waals surface area contributed by atoms with E-state index in [4.69, 9.17) is 22.1 Å². The molecule has 2 rings (SSSR count). The molecule has 3 nitrogen and oxygen atoms in total. The van der Waals surface area contributed by atoms with Crippen LogP contribution in [-0.4, -0.2) is 13.1 Å². The molecule has 1 aliphatic rings. The van der Waals surface area contributed by atoms with E-state index in [-0.39, 0.29) is 0 Å². The van der Waals surface area contributed by atoms with Crippen LogP contribution in [0, 0.1) is 22.7 Å². The predicted molar refractivity (Wildman–Crippen MR) is 66.9 cm³/mol. The van der Waals surface area contributed by atoms with Gasteiger partial charge in [0.25, 0.3) is 0 Å². The molecule has 1 aliphatic heterocycles. The average molecular weight is 246 g/mol. The van der Waals surface area contributed by atoms with Crippen molar-refractivity contribution in [3.05, 3.63) is 28.3 Å². The van der Waals surface area contributed by atoms with Crippen LogP contribution < -0.4 is 4.90 Å². The smallest absolute Gasteiger partial charge is 0.101 e. The fraction of sp³-hybridized carbons (Fsp3) is 0.385. The first-order chi connectivity index (χ1) is 8.26. The van der Waals surface area contributed by atoms with E-state index in [1.807, 2.05) is 12.1 Å². The zero-order valence-corrected chi connectivity index (χ0v) is 10.2. The number of piperidine rings is 1. The van der Waals surface area contributed by atoms with E-state index in [0.717, 1.165) is 31.6 Å². The van der Waals surface area contributed by atoms with Crippen LogP contribution in [0.2, 0.25) is 5.02 Å². The van der Waals surface area contributed by atoms with E-state index in [1.165, 1.54) is 6.42 Å². The molecule has 0 N–H and O–H groups in total. The Balaban J connectivity index is 2.41. The monoisotopic (exact) mass is 245 g/mol. The van der Waals surface area contributed by atoms with E-state index in [2.05, 4.69) is 4.90 Å². The number of nitriles is 2. The Hall–Kier alpha value is -1.71. The number of hydrogen-bond donors (Lipinski definition) is 0. The molecular formula is C13H12ClN3. The number of rotatable bonds is 1. The van der Waals surface area contributed by atoms with Crippen molar-refractivity contribution < 1.29 is 0 Å². The van der Waals surface area contributed by atoms with Crippen molar-refractivity contribution in [1.29, 1.82) is 10.5 Å².